The van der Waals surface area contributed by atoms with Gasteiger partial charge in [-0.3, -0.25) is 19.0 Å². The Hall–Kier alpha value is -3.18. The molecule has 2 heterocycles. The van der Waals surface area contributed by atoms with Gasteiger partial charge in [0.25, 0.3) is 0 Å². The maximum absolute atomic E-state index is 14.7. The minimum Gasteiger partial charge on any atom is -0.443 e. The van der Waals surface area contributed by atoms with Crippen LogP contribution in [0.3, 0.4) is 0 Å². The van der Waals surface area contributed by atoms with Gasteiger partial charge in [-0.15, -0.1) is 0 Å². The summed E-state index contributed by atoms with van der Waals surface area (Å²) >= 11 is 0. The molecule has 288 valence electrons. The molecule has 2 amide bonds. The van der Waals surface area contributed by atoms with Crippen LogP contribution in [0.1, 0.15) is 119 Å². The van der Waals surface area contributed by atoms with Gasteiger partial charge in [0, 0.05) is 29.8 Å². The van der Waals surface area contributed by atoms with E-state index in [0.717, 1.165) is 43.1 Å². The summed E-state index contributed by atoms with van der Waals surface area (Å²) in [5.74, 6) is 0.0963. The standard InChI is InChI=1S/C42H60BN3O7/c1-24(2)16-34(43-52-33-14-15-40(7,8)25(3)41(33,9)53-43)45-36(48)31(44-37(49)42-20-26-17-27(21-42)35(47)28(18-26)22-42)19-29-23-46(38(50)51-39(4,5)6)32-13-11-10-12-30(29)32/h10-13,23-28,31,33-34H,14-22H2,1-9H3,(H,44,49)(H,45,48)/t25-,26?,27?,28?,31-,33+,34-,41-,42?/m0/s1. The van der Waals surface area contributed by atoms with Crippen LogP contribution in [0.25, 0.3) is 10.9 Å². The van der Waals surface area contributed by atoms with Crippen LogP contribution in [0.2, 0.25) is 0 Å². The lowest BCUT2D eigenvalue weighted by molar-refractivity contribution is -0.158. The number of fused-ring (bicyclic) bond motifs is 2. The number of carbonyl (C=O) groups excluding carboxylic acids is 4. The van der Waals surface area contributed by atoms with Crippen LogP contribution in [-0.4, -0.2) is 64.7 Å². The summed E-state index contributed by atoms with van der Waals surface area (Å²) in [6.45, 7) is 18.7. The van der Waals surface area contributed by atoms with Gasteiger partial charge in [0.2, 0.25) is 11.8 Å². The maximum Gasteiger partial charge on any atom is 0.481 e. The lowest BCUT2D eigenvalue weighted by atomic mass is 9.49. The molecule has 5 saturated carbocycles. The van der Waals surface area contributed by atoms with Gasteiger partial charge in [-0.2, -0.15) is 0 Å². The number of hydrogen-bond donors (Lipinski definition) is 2. The molecule has 7 atom stereocenters. The zero-order valence-electron chi connectivity index (χ0n) is 33.3. The van der Waals surface area contributed by atoms with E-state index in [2.05, 4.69) is 52.2 Å². The monoisotopic (exact) mass is 729 g/mol. The minimum absolute atomic E-state index is 0.0737. The number of Topliss-reactive ketones (excluding diaryl/α,β-unsaturated/α-hetero) is 1. The second-order valence-electron chi connectivity index (χ2n) is 19.6. The molecule has 0 spiro atoms. The van der Waals surface area contributed by atoms with Crippen molar-refractivity contribution in [2.45, 2.75) is 149 Å². The Labute approximate surface area is 315 Å². The highest BCUT2D eigenvalue weighted by Gasteiger charge is 2.60. The molecule has 2 unspecified atom stereocenters. The van der Waals surface area contributed by atoms with Gasteiger partial charge in [0.15, 0.2) is 0 Å². The van der Waals surface area contributed by atoms with Crippen molar-refractivity contribution in [1.29, 1.82) is 0 Å². The number of aromatic nitrogens is 1. The Kier molecular flexibility index (Phi) is 9.74. The van der Waals surface area contributed by atoms with Crippen LogP contribution in [0.15, 0.2) is 30.5 Å². The summed E-state index contributed by atoms with van der Waals surface area (Å²) in [4.78, 5) is 55.7. The van der Waals surface area contributed by atoms with Crippen LogP contribution < -0.4 is 10.6 Å². The molecule has 1 aromatic heterocycles. The minimum atomic E-state index is -0.948. The highest BCUT2D eigenvalue weighted by molar-refractivity contribution is 6.48. The molecule has 6 fully saturated rings. The average Bonchev–Trinajstić information content (AvgIpc) is 3.62. The number of para-hydroxylation sites is 1. The molecule has 6 aliphatic rings. The third-order valence-electron chi connectivity index (χ3n) is 13.7. The van der Waals surface area contributed by atoms with Crippen molar-refractivity contribution < 1.29 is 33.2 Å². The normalized spacial score (nSPS) is 32.8. The molecule has 2 N–H and O–H groups in total. The molecule has 2 aromatic rings. The van der Waals surface area contributed by atoms with Crippen molar-refractivity contribution in [3.63, 3.8) is 0 Å². The number of ether oxygens (including phenoxy) is 1. The first-order chi connectivity index (χ1) is 24.8. The smallest absolute Gasteiger partial charge is 0.443 e. The predicted octanol–water partition coefficient (Wildman–Crippen LogP) is 7.04. The van der Waals surface area contributed by atoms with Crippen LogP contribution in [0.5, 0.6) is 0 Å². The number of benzene rings is 1. The second-order valence-corrected chi connectivity index (χ2v) is 19.6. The zero-order chi connectivity index (χ0) is 38.2. The first kappa shape index (κ1) is 38.1. The summed E-state index contributed by atoms with van der Waals surface area (Å²) in [7, 11) is -0.632. The van der Waals surface area contributed by atoms with E-state index in [4.69, 9.17) is 14.0 Å². The number of amides is 2. The Morgan fingerprint density at radius 3 is 2.38 bits per heavy atom. The molecule has 11 heteroatoms. The summed E-state index contributed by atoms with van der Waals surface area (Å²) in [6.07, 6.45) is 7.44. The van der Waals surface area contributed by atoms with Gasteiger partial charge in [-0.25, -0.2) is 4.79 Å². The van der Waals surface area contributed by atoms with Crippen LogP contribution in [0.4, 0.5) is 4.79 Å². The number of nitrogens with zero attached hydrogens (tertiary/aromatic N) is 1. The first-order valence-electron chi connectivity index (χ1n) is 20.1. The number of nitrogens with one attached hydrogen (secondary N) is 2. The van der Waals surface area contributed by atoms with Gasteiger partial charge in [-0.1, -0.05) is 52.8 Å². The number of carbonyl (C=O) groups is 4. The van der Waals surface area contributed by atoms with Gasteiger partial charge < -0.3 is 24.7 Å². The molecule has 1 aliphatic heterocycles. The Morgan fingerprint density at radius 2 is 1.72 bits per heavy atom. The highest BCUT2D eigenvalue weighted by Crippen LogP contribution is 2.59. The second kappa shape index (κ2) is 13.5. The Balaban J connectivity index is 1.19. The van der Waals surface area contributed by atoms with Gasteiger partial charge >= 0.3 is 13.2 Å². The quantitative estimate of drug-likeness (QED) is 0.266. The molecule has 10 nitrogen and oxygen atoms in total. The van der Waals surface area contributed by atoms with Crippen molar-refractivity contribution in [1.82, 2.24) is 15.2 Å². The molecule has 1 aromatic carbocycles. The number of rotatable bonds is 9. The summed E-state index contributed by atoms with van der Waals surface area (Å²) in [5, 5.41) is 7.35. The fourth-order valence-electron chi connectivity index (χ4n) is 10.7. The van der Waals surface area contributed by atoms with E-state index in [9.17, 15) is 19.2 Å². The highest BCUT2D eigenvalue weighted by atomic mass is 16.7. The van der Waals surface area contributed by atoms with E-state index in [1.165, 1.54) is 4.57 Å². The van der Waals surface area contributed by atoms with E-state index in [1.54, 1.807) is 6.20 Å². The van der Waals surface area contributed by atoms with Crippen LogP contribution in [0, 0.1) is 40.4 Å². The van der Waals surface area contributed by atoms with Crippen molar-refractivity contribution in [2.75, 3.05) is 0 Å². The van der Waals surface area contributed by atoms with Crippen molar-refractivity contribution in [2.24, 2.45) is 40.4 Å². The Morgan fingerprint density at radius 1 is 1.04 bits per heavy atom. The van der Waals surface area contributed by atoms with E-state index in [1.807, 2.05) is 45.0 Å². The predicted molar refractivity (Wildman–Crippen MR) is 204 cm³/mol. The lowest BCUT2D eigenvalue weighted by Gasteiger charge is -2.54. The third kappa shape index (κ3) is 7.10. The van der Waals surface area contributed by atoms with Crippen molar-refractivity contribution in [3.8, 4) is 0 Å². The SMILES string of the molecule is CC(C)C[C@H](NC(=O)[C@H](Cc1cn(C(=O)OC(C)(C)C)c2ccccc12)NC(=O)C12CC3CC(C1)C(=O)C(C3)C2)B1O[C@@H]2CCC(C)(C)[C@H](C)[C@]2(C)O1. The van der Waals surface area contributed by atoms with Crippen LogP contribution >= 0.6 is 0 Å². The summed E-state index contributed by atoms with van der Waals surface area (Å²) < 4.78 is 20.7. The molecular formula is C42H60BN3O7. The fourth-order valence-corrected chi connectivity index (χ4v) is 10.7. The summed E-state index contributed by atoms with van der Waals surface area (Å²) in [6, 6.07) is 6.61. The fraction of sp³-hybridized carbons (Fsp3) is 0.714. The number of ketones is 1. The molecule has 8 rings (SSSR count). The van der Waals surface area contributed by atoms with Crippen molar-refractivity contribution >= 4 is 41.7 Å². The molecule has 5 aliphatic carbocycles. The van der Waals surface area contributed by atoms with Gasteiger partial charge in [0.1, 0.15) is 17.4 Å². The summed E-state index contributed by atoms with van der Waals surface area (Å²) in [5.41, 5.74) is -0.336. The van der Waals surface area contributed by atoms with Crippen LogP contribution in [-0.2, 0) is 34.9 Å². The van der Waals surface area contributed by atoms with E-state index < -0.39 is 41.8 Å². The molecular weight excluding hydrogens is 669 g/mol. The van der Waals surface area contributed by atoms with Gasteiger partial charge in [0.05, 0.1) is 28.6 Å². The molecule has 4 bridgehead atoms. The average molecular weight is 730 g/mol. The maximum atomic E-state index is 14.7. The zero-order valence-corrected chi connectivity index (χ0v) is 33.3. The third-order valence-corrected chi connectivity index (χ3v) is 13.7. The largest absolute Gasteiger partial charge is 0.481 e. The van der Waals surface area contributed by atoms with Crippen molar-refractivity contribution in [3.05, 3.63) is 36.0 Å². The van der Waals surface area contributed by atoms with E-state index in [0.29, 0.717) is 36.5 Å². The van der Waals surface area contributed by atoms with Gasteiger partial charge in [-0.05, 0) is 114 Å². The number of hydrogen-bond acceptors (Lipinski definition) is 7. The lowest BCUT2D eigenvalue weighted by Crippen LogP contribution is -2.61. The molecule has 0 radical (unpaired) electrons. The molecule has 53 heavy (non-hydrogen) atoms. The molecule has 1 saturated heterocycles. The Bertz CT molecular complexity index is 1760. The topological polar surface area (TPSA) is 125 Å². The first-order valence-corrected chi connectivity index (χ1v) is 20.1. The van der Waals surface area contributed by atoms with E-state index >= 15 is 0 Å². The van der Waals surface area contributed by atoms with E-state index in [-0.39, 0.29) is 53.4 Å².